The molecule has 15 aromatic rings. The Balaban J connectivity index is 0.000000135. The van der Waals surface area contributed by atoms with Crippen molar-refractivity contribution < 1.29 is 0 Å². The maximum Gasteiger partial charge on any atom is 0.0783 e. The summed E-state index contributed by atoms with van der Waals surface area (Å²) in [5, 5.41) is 12.9. The number of aromatic amines is 1. The van der Waals surface area contributed by atoms with Gasteiger partial charge in [0.05, 0.1) is 38.6 Å². The lowest BCUT2D eigenvalue weighted by atomic mass is 10.1. The molecule has 10 aromatic carbocycles. The summed E-state index contributed by atoms with van der Waals surface area (Å²) in [6.45, 7) is 0. The van der Waals surface area contributed by atoms with Gasteiger partial charge in [0.1, 0.15) is 0 Å². The van der Waals surface area contributed by atoms with Crippen LogP contribution in [0, 0.1) is 0 Å². The van der Waals surface area contributed by atoms with E-state index in [0.29, 0.717) is 0 Å². The summed E-state index contributed by atoms with van der Waals surface area (Å²) >= 11 is 1.87. The summed E-state index contributed by atoms with van der Waals surface area (Å²) in [6.07, 6.45) is 0. The standard InChI is InChI=1S/C36H22N2S.C24H16N2/c1-2-10-23(11-3-1)37-31-16-8-5-14-28(31)35-32(37)20-19-27-25-12-4-7-15-30(25)38(36(27)35)24-18-21-34-29(22-24)26-13-6-9-17-33(26)39-34;1-2-8-16(9-3-1)26-22-13-7-5-11-18(22)20-15-14-19-17-10-4-6-12-21(17)25-23(19)24(20)26/h1-22H;1-15,25H. The summed E-state index contributed by atoms with van der Waals surface area (Å²) in [5.41, 5.74) is 13.4. The van der Waals surface area contributed by atoms with Crippen LogP contribution in [-0.4, -0.2) is 18.7 Å². The number of H-pyrrole nitrogens is 1. The van der Waals surface area contributed by atoms with Gasteiger partial charge >= 0.3 is 0 Å². The fraction of sp³-hybridized carbons (Fsp3) is 0. The second-order valence-electron chi connectivity index (χ2n) is 16.9. The number of nitrogens with one attached hydrogen (secondary N) is 1. The molecule has 4 nitrogen and oxygen atoms in total. The van der Waals surface area contributed by atoms with Crippen LogP contribution in [0.5, 0.6) is 0 Å². The van der Waals surface area contributed by atoms with E-state index >= 15 is 0 Å². The molecule has 0 saturated carbocycles. The van der Waals surface area contributed by atoms with E-state index in [1.54, 1.807) is 0 Å². The summed E-state index contributed by atoms with van der Waals surface area (Å²) in [4.78, 5) is 3.67. The lowest BCUT2D eigenvalue weighted by molar-refractivity contribution is 1.18. The van der Waals surface area contributed by atoms with Crippen LogP contribution >= 0.6 is 11.3 Å². The molecule has 0 saturated heterocycles. The van der Waals surface area contributed by atoms with Crippen molar-refractivity contribution in [3.63, 3.8) is 0 Å². The van der Waals surface area contributed by atoms with Crippen molar-refractivity contribution in [3.8, 4) is 17.1 Å². The van der Waals surface area contributed by atoms with Gasteiger partial charge in [-0.15, -0.1) is 11.3 Å². The quantitative estimate of drug-likeness (QED) is 0.184. The predicted molar refractivity (Wildman–Crippen MR) is 278 cm³/mol. The minimum absolute atomic E-state index is 1.18. The molecule has 0 bridgehead atoms. The fourth-order valence-electron chi connectivity index (χ4n) is 10.7. The number of benzene rings is 10. The van der Waals surface area contributed by atoms with Crippen LogP contribution in [0.15, 0.2) is 224 Å². The molecule has 65 heavy (non-hydrogen) atoms. The molecule has 0 aliphatic rings. The molecular weight excluding hydrogens is 809 g/mol. The molecule has 5 heterocycles. The van der Waals surface area contributed by atoms with Crippen molar-refractivity contribution in [3.05, 3.63) is 224 Å². The SMILES string of the molecule is c1ccc(-n2c3ccccc3c3c2ccc2c4ccccc4n(-c4ccc5sc6ccccc6c5c4)c23)cc1.c1ccc(-n2c3ccccc3c3ccc4c5ccccc5[nH]c4c32)cc1. The molecule has 0 aliphatic carbocycles. The summed E-state index contributed by atoms with van der Waals surface area (Å²) in [6, 6.07) is 81.0. The first-order chi connectivity index (χ1) is 32.3. The van der Waals surface area contributed by atoms with Gasteiger partial charge in [0.2, 0.25) is 0 Å². The number of hydrogen-bond donors (Lipinski definition) is 1. The Labute approximate surface area is 377 Å². The first kappa shape index (κ1) is 36.1. The number of nitrogens with zero attached hydrogens (tertiary/aromatic N) is 3. The highest BCUT2D eigenvalue weighted by Crippen LogP contribution is 2.44. The highest BCUT2D eigenvalue weighted by molar-refractivity contribution is 7.25. The Morgan fingerprint density at radius 1 is 0.292 bits per heavy atom. The van der Waals surface area contributed by atoms with E-state index in [2.05, 4.69) is 243 Å². The number of hydrogen-bond acceptors (Lipinski definition) is 1. The van der Waals surface area contributed by atoms with Gasteiger partial charge in [-0.1, -0.05) is 146 Å². The predicted octanol–water partition coefficient (Wildman–Crippen LogP) is 16.7. The molecule has 5 aromatic heterocycles. The molecule has 0 aliphatic heterocycles. The van der Waals surface area contributed by atoms with Crippen LogP contribution in [-0.2, 0) is 0 Å². The molecule has 5 heteroatoms. The number of thiophene rings is 1. The fourth-order valence-corrected chi connectivity index (χ4v) is 11.8. The Morgan fingerprint density at radius 3 is 1.52 bits per heavy atom. The first-order valence-electron chi connectivity index (χ1n) is 22.2. The Morgan fingerprint density at radius 2 is 0.800 bits per heavy atom. The molecule has 0 unspecified atom stereocenters. The Kier molecular flexibility index (Phi) is 7.82. The van der Waals surface area contributed by atoms with Crippen molar-refractivity contribution in [2.45, 2.75) is 0 Å². The van der Waals surface area contributed by atoms with E-state index in [-0.39, 0.29) is 0 Å². The van der Waals surface area contributed by atoms with Gasteiger partial charge in [0.25, 0.3) is 0 Å². The van der Waals surface area contributed by atoms with Gasteiger partial charge in [0.15, 0.2) is 0 Å². The Hall–Kier alpha value is -8.38. The molecule has 15 rings (SSSR count). The van der Waals surface area contributed by atoms with Crippen LogP contribution in [0.25, 0.3) is 124 Å². The molecule has 0 radical (unpaired) electrons. The maximum atomic E-state index is 3.67. The number of aromatic nitrogens is 4. The number of rotatable bonds is 3. The van der Waals surface area contributed by atoms with E-state index in [1.807, 2.05) is 11.3 Å². The number of para-hydroxylation sites is 6. The third-order valence-electron chi connectivity index (χ3n) is 13.4. The average molecular weight is 847 g/mol. The number of fused-ring (bicyclic) bond motifs is 17. The van der Waals surface area contributed by atoms with E-state index in [9.17, 15) is 0 Å². The molecule has 0 spiro atoms. The zero-order valence-electron chi connectivity index (χ0n) is 35.1. The maximum absolute atomic E-state index is 3.67. The minimum atomic E-state index is 1.18. The zero-order chi connectivity index (χ0) is 42.6. The van der Waals surface area contributed by atoms with Gasteiger partial charge in [-0.05, 0) is 78.9 Å². The van der Waals surface area contributed by atoms with E-state index in [4.69, 9.17) is 0 Å². The molecular formula is C60H38N4S. The van der Waals surface area contributed by atoms with Crippen molar-refractivity contribution >= 4 is 119 Å². The minimum Gasteiger partial charge on any atom is -0.353 e. The Bertz CT molecular complexity index is 4350. The van der Waals surface area contributed by atoms with E-state index < -0.39 is 0 Å². The smallest absolute Gasteiger partial charge is 0.0783 e. The third-order valence-corrected chi connectivity index (χ3v) is 14.6. The second kappa shape index (κ2) is 14.1. The van der Waals surface area contributed by atoms with Gasteiger partial charge < -0.3 is 18.7 Å². The van der Waals surface area contributed by atoms with Gasteiger partial charge in [-0.2, -0.15) is 0 Å². The van der Waals surface area contributed by atoms with Gasteiger partial charge in [-0.3, -0.25) is 0 Å². The van der Waals surface area contributed by atoms with Crippen LogP contribution < -0.4 is 0 Å². The first-order valence-corrected chi connectivity index (χ1v) is 23.0. The van der Waals surface area contributed by atoms with Gasteiger partial charge in [-0.25, -0.2) is 0 Å². The van der Waals surface area contributed by atoms with Crippen molar-refractivity contribution in [1.82, 2.24) is 18.7 Å². The molecule has 0 fully saturated rings. The van der Waals surface area contributed by atoms with Gasteiger partial charge in [0, 0.05) is 85.8 Å². The summed E-state index contributed by atoms with van der Waals surface area (Å²) < 4.78 is 9.93. The molecule has 1 N–H and O–H groups in total. The summed E-state index contributed by atoms with van der Waals surface area (Å²) in [7, 11) is 0. The van der Waals surface area contributed by atoms with Crippen LogP contribution in [0.4, 0.5) is 0 Å². The molecule has 304 valence electrons. The van der Waals surface area contributed by atoms with Crippen LogP contribution in [0.2, 0.25) is 0 Å². The third kappa shape index (κ3) is 5.30. The van der Waals surface area contributed by atoms with Crippen molar-refractivity contribution in [2.24, 2.45) is 0 Å². The lowest BCUT2D eigenvalue weighted by Gasteiger charge is -2.10. The monoisotopic (exact) mass is 846 g/mol. The normalized spacial score (nSPS) is 12.0. The molecule has 0 amide bonds. The average Bonchev–Trinajstić information content (AvgIpc) is 4.18. The molecule has 0 atom stereocenters. The topological polar surface area (TPSA) is 30.6 Å². The van der Waals surface area contributed by atoms with Crippen LogP contribution in [0.3, 0.4) is 0 Å². The van der Waals surface area contributed by atoms with Crippen molar-refractivity contribution in [2.75, 3.05) is 0 Å². The highest BCUT2D eigenvalue weighted by Gasteiger charge is 2.21. The largest absolute Gasteiger partial charge is 0.353 e. The zero-order valence-corrected chi connectivity index (χ0v) is 35.9. The second-order valence-corrected chi connectivity index (χ2v) is 18.0. The van der Waals surface area contributed by atoms with Crippen molar-refractivity contribution in [1.29, 1.82) is 0 Å². The van der Waals surface area contributed by atoms with E-state index in [1.165, 1.54) is 124 Å². The highest BCUT2D eigenvalue weighted by atomic mass is 32.1. The summed E-state index contributed by atoms with van der Waals surface area (Å²) in [5.74, 6) is 0. The lowest BCUT2D eigenvalue weighted by Crippen LogP contribution is -1.95. The van der Waals surface area contributed by atoms with E-state index in [0.717, 1.165) is 0 Å². The van der Waals surface area contributed by atoms with Crippen LogP contribution in [0.1, 0.15) is 0 Å².